The number of hydrogen-bond donors (Lipinski definition) is 1. The van der Waals surface area contributed by atoms with Gasteiger partial charge < -0.3 is 19.7 Å². The van der Waals surface area contributed by atoms with Gasteiger partial charge in [-0.2, -0.15) is 0 Å². The van der Waals surface area contributed by atoms with E-state index in [-0.39, 0.29) is 31.5 Å². The fraction of sp³-hybridized carbons (Fsp3) is 0.421. The van der Waals surface area contributed by atoms with Crippen molar-refractivity contribution in [3.05, 3.63) is 42.2 Å². The highest BCUT2D eigenvalue weighted by Crippen LogP contribution is 2.52. The van der Waals surface area contributed by atoms with Crippen LogP contribution in [0, 0.1) is 17.7 Å². The van der Waals surface area contributed by atoms with E-state index in [0.717, 1.165) is 0 Å². The van der Waals surface area contributed by atoms with Gasteiger partial charge in [-0.25, -0.2) is 4.39 Å². The highest BCUT2D eigenvalue weighted by atomic mass is 19.1. The van der Waals surface area contributed by atoms with Crippen LogP contribution in [0.3, 0.4) is 0 Å². The Kier molecular flexibility index (Phi) is 4.22. The normalized spacial score (nSPS) is 30.5. The van der Waals surface area contributed by atoms with Crippen LogP contribution in [0.5, 0.6) is 0 Å². The van der Waals surface area contributed by atoms with Gasteiger partial charge in [0.1, 0.15) is 18.0 Å². The Balaban J connectivity index is 1.52. The Morgan fingerprint density at radius 3 is 2.81 bits per heavy atom. The fourth-order valence-corrected chi connectivity index (χ4v) is 4.13. The molecule has 0 aliphatic carbocycles. The van der Waals surface area contributed by atoms with Crippen molar-refractivity contribution in [2.24, 2.45) is 11.8 Å². The minimum Gasteiger partial charge on any atom is -0.465 e. The molecule has 1 spiro atoms. The summed E-state index contributed by atoms with van der Waals surface area (Å²) in [5, 5.41) is 2.72. The molecule has 8 heteroatoms. The van der Waals surface area contributed by atoms with E-state index in [2.05, 4.69) is 5.32 Å². The molecule has 2 bridgehead atoms. The lowest BCUT2D eigenvalue weighted by Crippen LogP contribution is -2.41. The quantitative estimate of drug-likeness (QED) is 0.617. The Morgan fingerprint density at radius 2 is 2.11 bits per heavy atom. The summed E-state index contributed by atoms with van der Waals surface area (Å²) in [7, 11) is 0. The summed E-state index contributed by atoms with van der Waals surface area (Å²) in [4.78, 5) is 38.9. The molecule has 3 aliphatic heterocycles. The van der Waals surface area contributed by atoms with E-state index in [0.29, 0.717) is 5.69 Å². The van der Waals surface area contributed by atoms with Gasteiger partial charge in [0.2, 0.25) is 11.8 Å². The molecule has 27 heavy (non-hydrogen) atoms. The zero-order chi connectivity index (χ0) is 19.2. The first-order valence-corrected chi connectivity index (χ1v) is 8.81. The Bertz CT molecular complexity index is 824. The number of benzene rings is 1. The first kappa shape index (κ1) is 17.7. The second kappa shape index (κ2) is 6.45. The SMILES string of the molecule is CCOC(=O)CN1CC23C=CC(O2)[C@@H](C(=O)Nc2ccc(F)cc2)[C@H]3C1=O. The lowest BCUT2D eigenvalue weighted by atomic mass is 9.77. The number of nitrogens with one attached hydrogen (secondary N) is 1. The van der Waals surface area contributed by atoms with Crippen molar-refractivity contribution in [2.45, 2.75) is 18.6 Å². The monoisotopic (exact) mass is 374 g/mol. The van der Waals surface area contributed by atoms with E-state index >= 15 is 0 Å². The van der Waals surface area contributed by atoms with Crippen molar-refractivity contribution in [1.82, 2.24) is 4.90 Å². The Hall–Kier alpha value is -2.74. The second-order valence-electron chi connectivity index (χ2n) is 6.90. The second-order valence-corrected chi connectivity index (χ2v) is 6.90. The van der Waals surface area contributed by atoms with Crippen molar-refractivity contribution in [1.29, 1.82) is 0 Å². The number of carbonyl (C=O) groups excluding carboxylic acids is 3. The van der Waals surface area contributed by atoms with E-state index < -0.39 is 35.3 Å². The predicted octanol–water partition coefficient (Wildman–Crippen LogP) is 1.11. The smallest absolute Gasteiger partial charge is 0.325 e. The highest BCUT2D eigenvalue weighted by Gasteiger charge is 2.66. The summed E-state index contributed by atoms with van der Waals surface area (Å²) in [5.41, 5.74) is -0.449. The molecule has 2 saturated heterocycles. The van der Waals surface area contributed by atoms with Crippen molar-refractivity contribution < 1.29 is 28.2 Å². The molecule has 142 valence electrons. The number of hydrogen-bond acceptors (Lipinski definition) is 5. The van der Waals surface area contributed by atoms with E-state index in [1.807, 2.05) is 6.08 Å². The van der Waals surface area contributed by atoms with E-state index in [1.165, 1.54) is 29.2 Å². The molecule has 3 aliphatic rings. The summed E-state index contributed by atoms with van der Waals surface area (Å²) in [6.07, 6.45) is 3.10. The average molecular weight is 374 g/mol. The van der Waals surface area contributed by atoms with Gasteiger partial charge in [-0.05, 0) is 31.2 Å². The van der Waals surface area contributed by atoms with Crippen molar-refractivity contribution in [2.75, 3.05) is 25.0 Å². The molecule has 7 nitrogen and oxygen atoms in total. The number of nitrogens with zero attached hydrogens (tertiary/aromatic N) is 1. The standard InChI is InChI=1S/C19H19FN2O5/c1-2-26-14(23)9-22-10-19-8-7-13(27-19)15(16(19)18(22)25)17(24)21-12-5-3-11(20)4-6-12/h3-8,13,15-16H,2,9-10H2,1H3,(H,21,24)/t13?,15-,16+,19?/m1/s1. The molecule has 2 unspecified atom stereocenters. The number of carbonyl (C=O) groups is 3. The largest absolute Gasteiger partial charge is 0.465 e. The summed E-state index contributed by atoms with van der Waals surface area (Å²) >= 11 is 0. The van der Waals surface area contributed by atoms with Gasteiger partial charge in [0.05, 0.1) is 31.1 Å². The van der Waals surface area contributed by atoms with Gasteiger partial charge in [-0.15, -0.1) is 0 Å². The Labute approximate surface area is 155 Å². The maximum atomic E-state index is 13.0. The van der Waals surface area contributed by atoms with Crippen LogP contribution >= 0.6 is 0 Å². The minimum absolute atomic E-state index is 0.168. The molecule has 4 atom stereocenters. The molecular formula is C19H19FN2O5. The van der Waals surface area contributed by atoms with Crippen molar-refractivity contribution in [3.8, 4) is 0 Å². The minimum atomic E-state index is -0.890. The summed E-state index contributed by atoms with van der Waals surface area (Å²) in [6, 6.07) is 5.40. The number of likely N-dealkylation sites (tertiary alicyclic amines) is 1. The van der Waals surface area contributed by atoms with Crippen LogP contribution < -0.4 is 5.32 Å². The van der Waals surface area contributed by atoms with E-state index in [1.54, 1.807) is 13.0 Å². The third kappa shape index (κ3) is 2.90. The van der Waals surface area contributed by atoms with E-state index in [4.69, 9.17) is 9.47 Å². The van der Waals surface area contributed by atoms with Gasteiger partial charge in [0.15, 0.2) is 0 Å². The number of ether oxygens (including phenoxy) is 2. The summed E-state index contributed by atoms with van der Waals surface area (Å²) in [6.45, 7) is 1.97. The van der Waals surface area contributed by atoms with Crippen molar-refractivity contribution >= 4 is 23.5 Å². The highest BCUT2D eigenvalue weighted by molar-refractivity contribution is 5.99. The number of esters is 1. The molecule has 1 aromatic carbocycles. The third-order valence-corrected chi connectivity index (χ3v) is 5.22. The molecule has 1 aromatic rings. The third-order valence-electron chi connectivity index (χ3n) is 5.22. The fourth-order valence-electron chi connectivity index (χ4n) is 4.13. The zero-order valence-corrected chi connectivity index (χ0v) is 14.7. The van der Waals surface area contributed by atoms with Crippen LogP contribution in [0.15, 0.2) is 36.4 Å². The molecule has 0 radical (unpaired) electrons. The lowest BCUT2D eigenvalue weighted by Gasteiger charge is -2.23. The molecule has 2 fully saturated rings. The molecule has 2 amide bonds. The summed E-state index contributed by atoms with van der Waals surface area (Å²) in [5.74, 6) is -2.96. The molecular weight excluding hydrogens is 355 g/mol. The number of amides is 2. The maximum Gasteiger partial charge on any atom is 0.325 e. The van der Waals surface area contributed by atoms with Crippen LogP contribution in [0.25, 0.3) is 0 Å². The number of halogens is 1. The summed E-state index contributed by atoms with van der Waals surface area (Å²) < 4.78 is 23.9. The van der Waals surface area contributed by atoms with Crippen LogP contribution in [0.1, 0.15) is 6.92 Å². The van der Waals surface area contributed by atoms with Crippen LogP contribution in [0.2, 0.25) is 0 Å². The number of fused-ring (bicyclic) bond motifs is 1. The van der Waals surface area contributed by atoms with Crippen LogP contribution in [-0.2, 0) is 23.9 Å². The van der Waals surface area contributed by atoms with Gasteiger partial charge in [0, 0.05) is 5.69 Å². The van der Waals surface area contributed by atoms with Gasteiger partial charge >= 0.3 is 5.97 Å². The Morgan fingerprint density at radius 1 is 1.37 bits per heavy atom. The van der Waals surface area contributed by atoms with Crippen LogP contribution in [0.4, 0.5) is 10.1 Å². The first-order valence-electron chi connectivity index (χ1n) is 8.81. The van der Waals surface area contributed by atoms with Gasteiger partial charge in [0.25, 0.3) is 0 Å². The number of rotatable bonds is 5. The average Bonchev–Trinajstić information content (AvgIpc) is 3.26. The molecule has 0 aromatic heterocycles. The predicted molar refractivity (Wildman–Crippen MR) is 92.0 cm³/mol. The molecule has 4 rings (SSSR count). The van der Waals surface area contributed by atoms with Gasteiger partial charge in [-0.3, -0.25) is 14.4 Å². The van der Waals surface area contributed by atoms with Crippen molar-refractivity contribution in [3.63, 3.8) is 0 Å². The number of anilines is 1. The van der Waals surface area contributed by atoms with Crippen LogP contribution in [-0.4, -0.2) is 54.1 Å². The maximum absolute atomic E-state index is 13.0. The topological polar surface area (TPSA) is 84.9 Å². The molecule has 3 heterocycles. The van der Waals surface area contributed by atoms with E-state index in [9.17, 15) is 18.8 Å². The molecule has 0 saturated carbocycles. The lowest BCUT2D eigenvalue weighted by molar-refractivity contribution is -0.148. The first-order chi connectivity index (χ1) is 12.9. The van der Waals surface area contributed by atoms with Gasteiger partial charge in [-0.1, -0.05) is 12.2 Å². The zero-order valence-electron chi connectivity index (χ0n) is 14.7. The molecule has 1 N–H and O–H groups in total.